The number of nitrogens with zero attached hydrogens (tertiary/aromatic N) is 1. The van der Waals surface area contributed by atoms with Crippen LogP contribution in [-0.4, -0.2) is 17.3 Å². The lowest BCUT2D eigenvalue weighted by atomic mass is 10.2. The number of carbonyl (C=O) groups is 1. The van der Waals surface area contributed by atoms with Gasteiger partial charge in [0.05, 0.1) is 6.61 Å². The van der Waals surface area contributed by atoms with Gasteiger partial charge in [0.25, 0.3) is 0 Å². The van der Waals surface area contributed by atoms with E-state index in [1.165, 1.54) is 0 Å². The molecule has 14 heavy (non-hydrogen) atoms. The molecule has 0 aromatic carbocycles. The lowest BCUT2D eigenvalue weighted by molar-refractivity contribution is 0.0515. The second kappa shape index (κ2) is 3.92. The van der Waals surface area contributed by atoms with E-state index in [4.69, 9.17) is 22.2 Å². The Bertz CT molecular complexity index is 346. The molecule has 1 aromatic heterocycles. The number of nitrogen functional groups attached to an aromatic ring is 1. The standard InChI is InChI=1S/C9H13ClN2O2/c1-4-14-9(13)7-5(2)6(3)8(10)12(7)11/h4,11H2,1-3H3. The van der Waals surface area contributed by atoms with Crippen LogP contribution in [-0.2, 0) is 4.74 Å². The monoisotopic (exact) mass is 216 g/mol. The van der Waals surface area contributed by atoms with Crippen LogP contribution in [0.3, 0.4) is 0 Å². The van der Waals surface area contributed by atoms with Crippen LogP contribution in [0.1, 0.15) is 28.5 Å². The van der Waals surface area contributed by atoms with Crippen LogP contribution in [0.4, 0.5) is 0 Å². The van der Waals surface area contributed by atoms with Gasteiger partial charge in [-0.1, -0.05) is 11.6 Å². The number of halogens is 1. The predicted molar refractivity (Wildman–Crippen MR) is 55.0 cm³/mol. The molecule has 0 saturated heterocycles. The summed E-state index contributed by atoms with van der Waals surface area (Å²) in [5.74, 6) is 5.18. The molecule has 1 rings (SSSR count). The minimum Gasteiger partial charge on any atom is -0.461 e. The molecule has 0 saturated carbocycles. The molecule has 0 unspecified atom stereocenters. The number of hydrogen-bond acceptors (Lipinski definition) is 3. The van der Waals surface area contributed by atoms with Crippen molar-refractivity contribution in [2.45, 2.75) is 20.8 Å². The van der Waals surface area contributed by atoms with Gasteiger partial charge in [-0.25, -0.2) is 9.47 Å². The lowest BCUT2D eigenvalue weighted by Gasteiger charge is -2.04. The number of esters is 1. The SMILES string of the molecule is CCOC(=O)c1c(C)c(C)c(Cl)n1N. The minimum atomic E-state index is -0.442. The van der Waals surface area contributed by atoms with E-state index in [1.807, 2.05) is 6.92 Å². The molecule has 0 amide bonds. The maximum absolute atomic E-state index is 11.5. The molecule has 1 aromatic rings. The molecule has 0 aliphatic rings. The maximum Gasteiger partial charge on any atom is 0.357 e. The molecule has 0 radical (unpaired) electrons. The molecule has 0 aliphatic carbocycles. The molecule has 5 heteroatoms. The average Bonchev–Trinajstić information content (AvgIpc) is 2.32. The van der Waals surface area contributed by atoms with Crippen LogP contribution in [0.2, 0.25) is 5.15 Å². The second-order valence-electron chi connectivity index (χ2n) is 2.98. The molecule has 78 valence electrons. The summed E-state index contributed by atoms with van der Waals surface area (Å²) in [7, 11) is 0. The van der Waals surface area contributed by atoms with Crippen molar-refractivity contribution in [1.29, 1.82) is 0 Å². The van der Waals surface area contributed by atoms with E-state index < -0.39 is 5.97 Å². The molecule has 0 bridgehead atoms. The van der Waals surface area contributed by atoms with Crippen molar-refractivity contribution in [2.24, 2.45) is 0 Å². The van der Waals surface area contributed by atoms with Crippen molar-refractivity contribution < 1.29 is 9.53 Å². The topological polar surface area (TPSA) is 57.2 Å². The van der Waals surface area contributed by atoms with Gasteiger partial charge >= 0.3 is 5.97 Å². The number of nitrogens with two attached hydrogens (primary N) is 1. The number of aromatic nitrogens is 1. The van der Waals surface area contributed by atoms with Gasteiger partial charge in [0.15, 0.2) is 5.69 Å². The zero-order valence-corrected chi connectivity index (χ0v) is 9.18. The number of ether oxygens (including phenoxy) is 1. The van der Waals surface area contributed by atoms with Gasteiger partial charge in [0.1, 0.15) is 5.15 Å². The zero-order chi connectivity index (χ0) is 10.9. The van der Waals surface area contributed by atoms with E-state index >= 15 is 0 Å². The highest BCUT2D eigenvalue weighted by Crippen LogP contribution is 2.24. The Morgan fingerprint density at radius 3 is 2.43 bits per heavy atom. The van der Waals surface area contributed by atoms with Crippen molar-refractivity contribution in [3.05, 3.63) is 22.0 Å². The first-order valence-electron chi connectivity index (χ1n) is 4.30. The summed E-state index contributed by atoms with van der Waals surface area (Å²) in [4.78, 5) is 11.5. The molecule has 0 atom stereocenters. The van der Waals surface area contributed by atoms with Gasteiger partial charge in [0.2, 0.25) is 0 Å². The molecule has 0 fully saturated rings. The first-order chi connectivity index (χ1) is 6.50. The largest absolute Gasteiger partial charge is 0.461 e. The fraction of sp³-hybridized carbons (Fsp3) is 0.444. The lowest BCUT2D eigenvalue weighted by Crippen LogP contribution is -2.19. The molecule has 0 aliphatic heterocycles. The summed E-state index contributed by atoms with van der Waals surface area (Å²) in [6.07, 6.45) is 0. The van der Waals surface area contributed by atoms with Gasteiger partial charge in [-0.05, 0) is 31.9 Å². The third kappa shape index (κ3) is 1.57. The molecule has 2 N–H and O–H groups in total. The Morgan fingerprint density at radius 2 is 2.07 bits per heavy atom. The van der Waals surface area contributed by atoms with Crippen molar-refractivity contribution in [3.8, 4) is 0 Å². The van der Waals surface area contributed by atoms with Crippen LogP contribution in [0.15, 0.2) is 0 Å². The van der Waals surface area contributed by atoms with E-state index in [9.17, 15) is 4.79 Å². The Labute approximate surface area is 87.6 Å². The fourth-order valence-corrected chi connectivity index (χ4v) is 1.47. The average molecular weight is 217 g/mol. The quantitative estimate of drug-likeness (QED) is 0.604. The van der Waals surface area contributed by atoms with Crippen molar-refractivity contribution >= 4 is 17.6 Å². The molecule has 4 nitrogen and oxygen atoms in total. The van der Waals surface area contributed by atoms with Gasteiger partial charge in [-0.3, -0.25) is 0 Å². The third-order valence-corrected chi connectivity index (χ3v) is 2.61. The highest BCUT2D eigenvalue weighted by atomic mass is 35.5. The normalized spacial score (nSPS) is 10.3. The third-order valence-electron chi connectivity index (χ3n) is 2.15. The van der Waals surface area contributed by atoms with Gasteiger partial charge < -0.3 is 10.6 Å². The summed E-state index contributed by atoms with van der Waals surface area (Å²) >= 11 is 5.88. The van der Waals surface area contributed by atoms with Gasteiger partial charge in [-0.15, -0.1) is 0 Å². The first kappa shape index (κ1) is 10.9. The summed E-state index contributed by atoms with van der Waals surface area (Å²) in [6, 6.07) is 0. The molecule has 1 heterocycles. The number of hydrogen-bond donors (Lipinski definition) is 1. The Kier molecular flexibility index (Phi) is 3.06. The summed E-state index contributed by atoms with van der Waals surface area (Å²) in [6.45, 7) is 5.66. The highest BCUT2D eigenvalue weighted by molar-refractivity contribution is 6.31. The second-order valence-corrected chi connectivity index (χ2v) is 3.34. The van der Waals surface area contributed by atoms with Crippen LogP contribution in [0, 0.1) is 13.8 Å². The van der Waals surface area contributed by atoms with E-state index in [0.29, 0.717) is 17.5 Å². The van der Waals surface area contributed by atoms with Crippen LogP contribution >= 0.6 is 11.6 Å². The Hall–Kier alpha value is -1.16. The van der Waals surface area contributed by atoms with E-state index in [1.54, 1.807) is 13.8 Å². The Morgan fingerprint density at radius 1 is 1.50 bits per heavy atom. The summed E-state index contributed by atoms with van der Waals surface area (Å²) in [5, 5.41) is 0.366. The smallest absolute Gasteiger partial charge is 0.357 e. The number of carbonyl (C=O) groups excluding carboxylic acids is 1. The van der Waals surface area contributed by atoms with Gasteiger partial charge in [-0.2, -0.15) is 0 Å². The van der Waals surface area contributed by atoms with E-state index in [-0.39, 0.29) is 0 Å². The van der Waals surface area contributed by atoms with Gasteiger partial charge in [0, 0.05) is 0 Å². The summed E-state index contributed by atoms with van der Waals surface area (Å²) in [5.41, 5.74) is 1.88. The summed E-state index contributed by atoms with van der Waals surface area (Å²) < 4.78 is 6.02. The molecular formula is C9H13ClN2O2. The minimum absolute atomic E-state index is 0.314. The van der Waals surface area contributed by atoms with Crippen LogP contribution in [0.5, 0.6) is 0 Å². The maximum atomic E-state index is 11.5. The van der Waals surface area contributed by atoms with E-state index in [0.717, 1.165) is 15.8 Å². The zero-order valence-electron chi connectivity index (χ0n) is 8.43. The van der Waals surface area contributed by atoms with E-state index in [2.05, 4.69) is 0 Å². The predicted octanol–water partition coefficient (Wildman–Crippen LogP) is 1.65. The van der Waals surface area contributed by atoms with Crippen molar-refractivity contribution in [3.63, 3.8) is 0 Å². The molecular weight excluding hydrogens is 204 g/mol. The molecule has 0 spiro atoms. The fourth-order valence-electron chi connectivity index (χ4n) is 1.24. The van der Waals surface area contributed by atoms with Crippen LogP contribution in [0.25, 0.3) is 0 Å². The first-order valence-corrected chi connectivity index (χ1v) is 4.68. The van der Waals surface area contributed by atoms with Crippen LogP contribution < -0.4 is 5.84 Å². The van der Waals surface area contributed by atoms with Crippen molar-refractivity contribution in [1.82, 2.24) is 4.68 Å². The van der Waals surface area contributed by atoms with Crippen molar-refractivity contribution in [2.75, 3.05) is 12.4 Å². The number of rotatable bonds is 2. The highest BCUT2D eigenvalue weighted by Gasteiger charge is 2.21. The Balaban J connectivity index is 3.21.